The van der Waals surface area contributed by atoms with Gasteiger partial charge in [0.05, 0.1) is 18.2 Å². The highest BCUT2D eigenvalue weighted by atomic mass is 16.1. The SMILES string of the molecule is Nc1nc(CC(=O)N[C@@H]2CCCc3nc(-c4ccccc4)ncc32)cc(=O)[nH]1. The Bertz CT molecular complexity index is 1060. The van der Waals surface area contributed by atoms with E-state index in [0.717, 1.165) is 36.1 Å². The maximum absolute atomic E-state index is 12.5. The van der Waals surface area contributed by atoms with Crippen LogP contribution in [0.1, 0.15) is 35.8 Å². The highest BCUT2D eigenvalue weighted by molar-refractivity contribution is 5.78. The number of aryl methyl sites for hydroxylation is 1. The quantitative estimate of drug-likeness (QED) is 0.634. The first-order valence-corrected chi connectivity index (χ1v) is 9.15. The third-order valence-corrected chi connectivity index (χ3v) is 4.70. The van der Waals surface area contributed by atoms with Gasteiger partial charge in [-0.25, -0.2) is 15.0 Å². The molecule has 0 fully saturated rings. The van der Waals surface area contributed by atoms with Crippen molar-refractivity contribution in [3.05, 3.63) is 69.9 Å². The lowest BCUT2D eigenvalue weighted by Gasteiger charge is -2.25. The fourth-order valence-electron chi connectivity index (χ4n) is 3.45. The maximum atomic E-state index is 12.5. The number of nitrogens with one attached hydrogen (secondary N) is 2. The number of aromatic nitrogens is 4. The summed E-state index contributed by atoms with van der Waals surface area (Å²) in [5.41, 5.74) is 8.36. The van der Waals surface area contributed by atoms with Crippen LogP contribution in [0.5, 0.6) is 0 Å². The minimum Gasteiger partial charge on any atom is -0.369 e. The van der Waals surface area contributed by atoms with Crippen molar-refractivity contribution in [2.24, 2.45) is 0 Å². The lowest BCUT2D eigenvalue weighted by atomic mass is 9.92. The summed E-state index contributed by atoms with van der Waals surface area (Å²) in [6, 6.07) is 10.9. The van der Waals surface area contributed by atoms with Crippen LogP contribution in [-0.4, -0.2) is 25.8 Å². The van der Waals surface area contributed by atoms with Gasteiger partial charge in [0.1, 0.15) is 0 Å². The smallest absolute Gasteiger partial charge is 0.252 e. The average molecular weight is 376 g/mol. The predicted octanol–water partition coefficient (Wildman–Crippen LogP) is 1.55. The summed E-state index contributed by atoms with van der Waals surface area (Å²) >= 11 is 0. The highest BCUT2D eigenvalue weighted by Crippen LogP contribution is 2.29. The van der Waals surface area contributed by atoms with Crippen LogP contribution in [0.2, 0.25) is 0 Å². The molecular formula is C20H20N6O2. The number of hydrogen-bond acceptors (Lipinski definition) is 6. The van der Waals surface area contributed by atoms with Crippen LogP contribution in [0.4, 0.5) is 5.95 Å². The van der Waals surface area contributed by atoms with Gasteiger partial charge < -0.3 is 11.1 Å². The monoisotopic (exact) mass is 376 g/mol. The molecule has 1 aliphatic carbocycles. The second-order valence-corrected chi connectivity index (χ2v) is 6.77. The second kappa shape index (κ2) is 7.59. The number of amides is 1. The number of hydrogen-bond donors (Lipinski definition) is 3. The van der Waals surface area contributed by atoms with Crippen molar-refractivity contribution < 1.29 is 4.79 Å². The lowest BCUT2D eigenvalue weighted by molar-refractivity contribution is -0.121. The first-order valence-electron chi connectivity index (χ1n) is 9.15. The van der Waals surface area contributed by atoms with Crippen molar-refractivity contribution in [1.82, 2.24) is 25.3 Å². The number of carbonyl (C=O) groups is 1. The molecule has 2 aromatic heterocycles. The number of rotatable bonds is 4. The van der Waals surface area contributed by atoms with Crippen molar-refractivity contribution in [3.63, 3.8) is 0 Å². The summed E-state index contributed by atoms with van der Waals surface area (Å²) < 4.78 is 0. The van der Waals surface area contributed by atoms with Crippen LogP contribution in [0, 0.1) is 0 Å². The number of H-pyrrole nitrogens is 1. The molecule has 4 rings (SSSR count). The molecule has 8 heteroatoms. The Morgan fingerprint density at radius 2 is 2.07 bits per heavy atom. The van der Waals surface area contributed by atoms with Gasteiger partial charge in [0.2, 0.25) is 11.9 Å². The Kier molecular flexibility index (Phi) is 4.84. The summed E-state index contributed by atoms with van der Waals surface area (Å²) in [4.78, 5) is 39.5. The summed E-state index contributed by atoms with van der Waals surface area (Å²) in [6.45, 7) is 0. The molecule has 0 aliphatic heterocycles. The summed E-state index contributed by atoms with van der Waals surface area (Å²) in [5, 5.41) is 3.01. The van der Waals surface area contributed by atoms with Gasteiger partial charge in [0.25, 0.3) is 5.56 Å². The Balaban J connectivity index is 1.51. The first-order chi connectivity index (χ1) is 13.6. The standard InChI is InChI=1S/C20H20N6O2/c21-20-23-13(10-18(28)26-20)9-17(27)24-15-7-4-8-16-14(15)11-22-19(25-16)12-5-2-1-3-6-12/h1-3,5-6,10-11,15H,4,7-9H2,(H,24,27)(H3,21,23,26,28)/t15-/m1/s1. The molecule has 1 aliphatic rings. The zero-order valence-corrected chi connectivity index (χ0v) is 15.2. The fourth-order valence-corrected chi connectivity index (χ4v) is 3.45. The molecule has 0 saturated heterocycles. The second-order valence-electron chi connectivity index (χ2n) is 6.77. The molecule has 0 unspecified atom stereocenters. The van der Waals surface area contributed by atoms with Gasteiger partial charge in [0.15, 0.2) is 5.82 Å². The van der Waals surface area contributed by atoms with Crippen LogP contribution in [-0.2, 0) is 17.6 Å². The molecule has 1 atom stereocenters. The number of nitrogens with two attached hydrogens (primary N) is 1. The van der Waals surface area contributed by atoms with Gasteiger partial charge in [-0.05, 0) is 19.3 Å². The molecule has 1 amide bonds. The van der Waals surface area contributed by atoms with E-state index in [4.69, 9.17) is 10.7 Å². The number of anilines is 1. The molecule has 0 radical (unpaired) electrons. The number of fused-ring (bicyclic) bond motifs is 1. The van der Waals surface area contributed by atoms with Crippen LogP contribution in [0.15, 0.2) is 47.4 Å². The van der Waals surface area contributed by atoms with E-state index < -0.39 is 0 Å². The van der Waals surface area contributed by atoms with E-state index in [-0.39, 0.29) is 29.9 Å². The van der Waals surface area contributed by atoms with Gasteiger partial charge >= 0.3 is 0 Å². The molecule has 28 heavy (non-hydrogen) atoms. The molecule has 3 aromatic rings. The van der Waals surface area contributed by atoms with Crippen molar-refractivity contribution in [1.29, 1.82) is 0 Å². The molecule has 1 aromatic carbocycles. The van der Waals surface area contributed by atoms with Gasteiger partial charge in [-0.1, -0.05) is 30.3 Å². The fraction of sp³-hybridized carbons (Fsp3) is 0.250. The van der Waals surface area contributed by atoms with Gasteiger partial charge in [-0.2, -0.15) is 0 Å². The largest absolute Gasteiger partial charge is 0.369 e. The van der Waals surface area contributed by atoms with Gasteiger partial charge in [-0.15, -0.1) is 0 Å². The Hall–Kier alpha value is -3.55. The number of carbonyl (C=O) groups excluding carboxylic acids is 1. The van der Waals surface area contributed by atoms with E-state index in [2.05, 4.69) is 20.3 Å². The van der Waals surface area contributed by atoms with E-state index in [9.17, 15) is 9.59 Å². The van der Waals surface area contributed by atoms with Crippen LogP contribution in [0.25, 0.3) is 11.4 Å². The number of nitrogen functional groups attached to an aromatic ring is 1. The molecule has 8 nitrogen and oxygen atoms in total. The molecule has 142 valence electrons. The molecule has 0 saturated carbocycles. The van der Waals surface area contributed by atoms with E-state index >= 15 is 0 Å². The Morgan fingerprint density at radius 1 is 1.25 bits per heavy atom. The zero-order chi connectivity index (χ0) is 19.5. The number of benzene rings is 1. The molecule has 4 N–H and O–H groups in total. The number of nitrogens with zero attached hydrogens (tertiary/aromatic N) is 3. The van der Waals surface area contributed by atoms with Crippen LogP contribution in [0.3, 0.4) is 0 Å². The predicted molar refractivity (Wildman–Crippen MR) is 104 cm³/mol. The zero-order valence-electron chi connectivity index (χ0n) is 15.2. The van der Waals surface area contributed by atoms with Crippen molar-refractivity contribution >= 4 is 11.9 Å². The minimum atomic E-state index is -0.375. The van der Waals surface area contributed by atoms with Crippen molar-refractivity contribution in [2.75, 3.05) is 5.73 Å². The summed E-state index contributed by atoms with van der Waals surface area (Å²) in [7, 11) is 0. The van der Waals surface area contributed by atoms with E-state index in [1.807, 2.05) is 30.3 Å². The number of aromatic amines is 1. The summed E-state index contributed by atoms with van der Waals surface area (Å²) in [5.74, 6) is 0.470. The molecule has 0 spiro atoms. The van der Waals surface area contributed by atoms with Gasteiger partial charge in [0, 0.05) is 29.1 Å². The third kappa shape index (κ3) is 3.90. The third-order valence-electron chi connectivity index (χ3n) is 4.70. The Morgan fingerprint density at radius 3 is 2.86 bits per heavy atom. The lowest BCUT2D eigenvalue weighted by Crippen LogP contribution is -2.33. The van der Waals surface area contributed by atoms with Crippen molar-refractivity contribution in [2.45, 2.75) is 31.7 Å². The summed E-state index contributed by atoms with van der Waals surface area (Å²) in [6.07, 6.45) is 4.40. The van der Waals surface area contributed by atoms with Crippen molar-refractivity contribution in [3.8, 4) is 11.4 Å². The van der Waals surface area contributed by atoms with Crippen LogP contribution >= 0.6 is 0 Å². The minimum absolute atomic E-state index is 0.000142. The maximum Gasteiger partial charge on any atom is 0.252 e. The first kappa shape index (κ1) is 17.8. The Labute approximate surface area is 161 Å². The van der Waals surface area contributed by atoms with E-state index in [1.165, 1.54) is 6.07 Å². The van der Waals surface area contributed by atoms with E-state index in [1.54, 1.807) is 6.20 Å². The van der Waals surface area contributed by atoms with E-state index in [0.29, 0.717) is 11.5 Å². The van der Waals surface area contributed by atoms with Gasteiger partial charge in [-0.3, -0.25) is 14.6 Å². The van der Waals surface area contributed by atoms with Crippen LogP contribution < -0.4 is 16.6 Å². The highest BCUT2D eigenvalue weighted by Gasteiger charge is 2.24. The molecular weight excluding hydrogens is 356 g/mol. The normalized spacial score (nSPS) is 15.6. The molecule has 2 heterocycles. The average Bonchev–Trinajstić information content (AvgIpc) is 2.67. The molecule has 0 bridgehead atoms. The topological polar surface area (TPSA) is 127 Å².